The molecule has 0 aliphatic carbocycles. The normalized spacial score (nSPS) is 11.0. The van der Waals surface area contributed by atoms with E-state index in [0.717, 1.165) is 38.6 Å². The molecule has 106 valence electrons. The number of rotatable bonds is 2. The first-order valence-corrected chi connectivity index (χ1v) is 7.57. The quantitative estimate of drug-likeness (QED) is 0.766. The van der Waals surface area contributed by atoms with E-state index in [2.05, 4.69) is 37.8 Å². The van der Waals surface area contributed by atoms with Gasteiger partial charge in [0.05, 0.1) is 5.52 Å². The topological polar surface area (TPSA) is 64.7 Å². The lowest BCUT2D eigenvalue weighted by Crippen LogP contribution is -2.04. The number of benzene rings is 1. The van der Waals surface area contributed by atoms with Gasteiger partial charge in [-0.1, -0.05) is 28.9 Å². The molecule has 0 saturated heterocycles. The van der Waals surface area contributed by atoms with Crippen LogP contribution in [0.15, 0.2) is 34.9 Å². The van der Waals surface area contributed by atoms with E-state index in [1.165, 1.54) is 0 Å². The van der Waals surface area contributed by atoms with E-state index < -0.39 is 0 Å². The number of nitrogen functional groups attached to an aromatic ring is 1. The van der Waals surface area contributed by atoms with Crippen molar-refractivity contribution in [3.8, 4) is 11.4 Å². The summed E-state index contributed by atoms with van der Waals surface area (Å²) in [5.41, 5.74) is 9.76. The molecule has 0 bridgehead atoms. The molecule has 2 N–H and O–H groups in total. The number of anilines is 1. The van der Waals surface area contributed by atoms with Crippen LogP contribution in [0.4, 0.5) is 5.82 Å². The van der Waals surface area contributed by atoms with Crippen molar-refractivity contribution in [1.29, 1.82) is 0 Å². The summed E-state index contributed by atoms with van der Waals surface area (Å²) < 4.78 is 1.00. The zero-order chi connectivity index (χ0) is 15.0. The number of hydrogen-bond donors (Lipinski definition) is 1. The first-order chi connectivity index (χ1) is 10.1. The first kappa shape index (κ1) is 13.9. The van der Waals surface area contributed by atoms with Gasteiger partial charge in [0.2, 0.25) is 0 Å². The van der Waals surface area contributed by atoms with Crippen molar-refractivity contribution in [2.24, 2.45) is 0 Å². The van der Waals surface area contributed by atoms with Crippen molar-refractivity contribution in [3.05, 3.63) is 46.2 Å². The minimum Gasteiger partial charge on any atom is -0.383 e. The number of fused-ring (bicyclic) bond motifs is 1. The molecule has 0 amide bonds. The Morgan fingerprint density at radius 2 is 2.00 bits per heavy atom. The Bertz CT molecular complexity index is 807. The molecular formula is C16H15BrN4. The van der Waals surface area contributed by atoms with Gasteiger partial charge < -0.3 is 5.73 Å². The van der Waals surface area contributed by atoms with Crippen molar-refractivity contribution < 1.29 is 0 Å². The van der Waals surface area contributed by atoms with E-state index in [0.29, 0.717) is 11.6 Å². The third-order valence-electron chi connectivity index (χ3n) is 3.56. The lowest BCUT2D eigenvalue weighted by molar-refractivity contribution is 1.01. The monoisotopic (exact) mass is 342 g/mol. The van der Waals surface area contributed by atoms with E-state index >= 15 is 0 Å². The maximum absolute atomic E-state index is 6.06. The molecule has 2 aromatic heterocycles. The number of aromatic nitrogens is 3. The second-order valence-corrected chi connectivity index (χ2v) is 5.70. The predicted molar refractivity (Wildman–Crippen MR) is 89.0 cm³/mol. The van der Waals surface area contributed by atoms with Crippen LogP contribution in [0.3, 0.4) is 0 Å². The van der Waals surface area contributed by atoms with E-state index in [4.69, 9.17) is 5.73 Å². The van der Waals surface area contributed by atoms with E-state index in [1.54, 1.807) is 6.20 Å². The average Bonchev–Trinajstić information content (AvgIpc) is 2.47. The molecule has 1 aromatic carbocycles. The van der Waals surface area contributed by atoms with E-state index in [9.17, 15) is 0 Å². The second kappa shape index (κ2) is 5.41. The lowest BCUT2D eigenvalue weighted by atomic mass is 10.1. The van der Waals surface area contributed by atoms with Gasteiger partial charge in [0.25, 0.3) is 0 Å². The summed E-state index contributed by atoms with van der Waals surface area (Å²) in [5.74, 6) is 1.17. The zero-order valence-electron chi connectivity index (χ0n) is 11.9. The van der Waals surface area contributed by atoms with Gasteiger partial charge in [0, 0.05) is 32.9 Å². The van der Waals surface area contributed by atoms with Crippen LogP contribution in [0.5, 0.6) is 0 Å². The van der Waals surface area contributed by atoms with Crippen molar-refractivity contribution in [1.82, 2.24) is 15.0 Å². The van der Waals surface area contributed by atoms with Crippen LogP contribution in [-0.2, 0) is 6.42 Å². The molecule has 0 radical (unpaired) electrons. The fourth-order valence-electron chi connectivity index (χ4n) is 2.49. The number of nitrogens with two attached hydrogens (primary N) is 1. The van der Waals surface area contributed by atoms with Crippen molar-refractivity contribution in [3.63, 3.8) is 0 Å². The third-order valence-corrected chi connectivity index (χ3v) is 4.25. The zero-order valence-corrected chi connectivity index (χ0v) is 13.5. The van der Waals surface area contributed by atoms with E-state index in [1.807, 2.05) is 31.2 Å². The average molecular weight is 343 g/mol. The van der Waals surface area contributed by atoms with Crippen LogP contribution in [0.2, 0.25) is 0 Å². The second-order valence-electron chi connectivity index (χ2n) is 4.84. The van der Waals surface area contributed by atoms with Crippen LogP contribution in [-0.4, -0.2) is 15.0 Å². The highest BCUT2D eigenvalue weighted by molar-refractivity contribution is 9.10. The molecule has 0 aliphatic rings. The molecular weight excluding hydrogens is 328 g/mol. The summed E-state index contributed by atoms with van der Waals surface area (Å²) in [4.78, 5) is 13.5. The van der Waals surface area contributed by atoms with Crippen molar-refractivity contribution >= 4 is 32.7 Å². The van der Waals surface area contributed by atoms with Crippen LogP contribution in [0.1, 0.15) is 18.2 Å². The highest BCUT2D eigenvalue weighted by atomic mass is 79.9. The summed E-state index contributed by atoms with van der Waals surface area (Å²) in [7, 11) is 0. The highest BCUT2D eigenvalue weighted by Gasteiger charge is 2.13. The number of pyridine rings is 1. The fraction of sp³-hybridized carbons (Fsp3) is 0.188. The van der Waals surface area contributed by atoms with Gasteiger partial charge >= 0.3 is 0 Å². The molecule has 0 unspecified atom stereocenters. The van der Waals surface area contributed by atoms with Crippen LogP contribution >= 0.6 is 15.9 Å². The number of nitrogens with zero attached hydrogens (tertiary/aromatic N) is 3. The smallest absolute Gasteiger partial charge is 0.163 e. The maximum atomic E-state index is 6.06. The van der Waals surface area contributed by atoms with Gasteiger partial charge in [-0.25, -0.2) is 9.97 Å². The van der Waals surface area contributed by atoms with Gasteiger partial charge in [0.1, 0.15) is 5.82 Å². The minimum atomic E-state index is 0.548. The molecule has 2 heterocycles. The molecule has 4 nitrogen and oxygen atoms in total. The Balaban J connectivity index is 2.29. The SMILES string of the molecule is CCc1c(C)nc(-c2ccc(Br)c3cccnc23)nc1N. The summed E-state index contributed by atoms with van der Waals surface area (Å²) in [6.07, 6.45) is 2.60. The summed E-state index contributed by atoms with van der Waals surface area (Å²) >= 11 is 3.55. The summed E-state index contributed by atoms with van der Waals surface area (Å²) in [6.45, 7) is 4.02. The van der Waals surface area contributed by atoms with E-state index in [-0.39, 0.29) is 0 Å². The fourth-order valence-corrected chi connectivity index (χ4v) is 2.95. The van der Waals surface area contributed by atoms with Crippen LogP contribution in [0, 0.1) is 6.92 Å². The van der Waals surface area contributed by atoms with Gasteiger partial charge in [-0.3, -0.25) is 4.98 Å². The molecule has 0 atom stereocenters. The Morgan fingerprint density at radius 1 is 1.19 bits per heavy atom. The first-order valence-electron chi connectivity index (χ1n) is 6.78. The largest absolute Gasteiger partial charge is 0.383 e. The molecule has 0 saturated carbocycles. The standard InChI is InChI=1S/C16H15BrN4/c1-3-10-9(2)20-16(21-15(10)18)12-6-7-13(17)11-5-4-8-19-14(11)12/h4-8H,3H2,1-2H3,(H2,18,20,21). The predicted octanol–water partition coefficient (Wildman–Crippen LogP) is 3.91. The molecule has 3 aromatic rings. The van der Waals surface area contributed by atoms with Gasteiger partial charge in [-0.05, 0) is 31.5 Å². The van der Waals surface area contributed by atoms with Gasteiger partial charge in [-0.2, -0.15) is 0 Å². The number of hydrogen-bond acceptors (Lipinski definition) is 4. The molecule has 0 fully saturated rings. The summed E-state index contributed by atoms with van der Waals surface area (Å²) in [5, 5.41) is 1.04. The van der Waals surface area contributed by atoms with Crippen molar-refractivity contribution in [2.45, 2.75) is 20.3 Å². The van der Waals surface area contributed by atoms with Gasteiger partial charge in [-0.15, -0.1) is 0 Å². The van der Waals surface area contributed by atoms with Crippen LogP contribution < -0.4 is 5.73 Å². The number of halogens is 1. The Hall–Kier alpha value is -2.01. The minimum absolute atomic E-state index is 0.548. The Kier molecular flexibility index (Phi) is 3.59. The molecule has 0 aliphatic heterocycles. The molecule has 21 heavy (non-hydrogen) atoms. The Morgan fingerprint density at radius 3 is 2.71 bits per heavy atom. The molecule has 3 rings (SSSR count). The lowest BCUT2D eigenvalue weighted by Gasteiger charge is -2.10. The highest BCUT2D eigenvalue weighted by Crippen LogP contribution is 2.31. The van der Waals surface area contributed by atoms with Crippen molar-refractivity contribution in [2.75, 3.05) is 5.73 Å². The summed E-state index contributed by atoms with van der Waals surface area (Å²) in [6, 6.07) is 7.89. The van der Waals surface area contributed by atoms with Crippen LogP contribution in [0.25, 0.3) is 22.3 Å². The maximum Gasteiger partial charge on any atom is 0.163 e. The third kappa shape index (κ3) is 2.38. The van der Waals surface area contributed by atoms with Gasteiger partial charge in [0.15, 0.2) is 5.82 Å². The Labute approximate surface area is 131 Å². The molecule has 0 spiro atoms. The molecule has 5 heteroatoms. The number of aryl methyl sites for hydroxylation is 1.